The van der Waals surface area contributed by atoms with Crippen molar-refractivity contribution in [3.05, 3.63) is 53.2 Å². The summed E-state index contributed by atoms with van der Waals surface area (Å²) in [6, 6.07) is 8.15. The van der Waals surface area contributed by atoms with Crippen LogP contribution in [-0.2, 0) is 19.9 Å². The van der Waals surface area contributed by atoms with Gasteiger partial charge >= 0.3 is 0 Å². The summed E-state index contributed by atoms with van der Waals surface area (Å²) >= 11 is 1.06. The van der Waals surface area contributed by atoms with Gasteiger partial charge in [0.25, 0.3) is 0 Å². The lowest BCUT2D eigenvalue weighted by Crippen LogP contribution is -2.33. The number of sulfone groups is 1. The SMILES string of the molecule is CCCCS(=O)(=O)NC[C@H](c1ccc(F)cc1)S(=O)(=O)c1cccs1. The Labute approximate surface area is 151 Å². The van der Waals surface area contributed by atoms with Crippen molar-refractivity contribution in [1.29, 1.82) is 0 Å². The van der Waals surface area contributed by atoms with E-state index in [1.807, 2.05) is 6.92 Å². The van der Waals surface area contributed by atoms with Gasteiger partial charge in [-0.2, -0.15) is 0 Å². The smallest absolute Gasteiger partial charge is 0.211 e. The first-order chi connectivity index (χ1) is 11.8. The van der Waals surface area contributed by atoms with Gasteiger partial charge in [0, 0.05) is 6.54 Å². The third-order valence-corrected chi connectivity index (χ3v) is 8.61. The predicted molar refractivity (Wildman–Crippen MR) is 97.3 cm³/mol. The first-order valence-corrected chi connectivity index (χ1v) is 11.8. The number of unbranched alkanes of at least 4 members (excludes halogenated alkanes) is 1. The molecule has 0 aliphatic rings. The molecule has 0 saturated carbocycles. The van der Waals surface area contributed by atoms with Crippen molar-refractivity contribution in [3.63, 3.8) is 0 Å². The van der Waals surface area contributed by atoms with Gasteiger partial charge in [-0.25, -0.2) is 25.9 Å². The van der Waals surface area contributed by atoms with E-state index in [1.165, 1.54) is 18.2 Å². The second kappa shape index (κ2) is 8.39. The Morgan fingerprint density at radius 3 is 2.36 bits per heavy atom. The first-order valence-electron chi connectivity index (χ1n) is 7.76. The Morgan fingerprint density at radius 1 is 1.12 bits per heavy atom. The quantitative estimate of drug-likeness (QED) is 0.695. The second-order valence-corrected chi connectivity index (χ2v) is 10.8. The van der Waals surface area contributed by atoms with E-state index in [9.17, 15) is 21.2 Å². The average molecular weight is 406 g/mol. The van der Waals surface area contributed by atoms with Crippen LogP contribution in [0.4, 0.5) is 4.39 Å². The molecular weight excluding hydrogens is 385 g/mol. The third kappa shape index (κ3) is 5.34. The molecule has 1 N–H and O–H groups in total. The van der Waals surface area contributed by atoms with E-state index in [0.717, 1.165) is 29.9 Å². The molecular formula is C16H20FNO4S3. The fourth-order valence-electron chi connectivity index (χ4n) is 2.26. The van der Waals surface area contributed by atoms with Crippen LogP contribution >= 0.6 is 11.3 Å². The van der Waals surface area contributed by atoms with Crippen molar-refractivity contribution in [2.45, 2.75) is 29.2 Å². The van der Waals surface area contributed by atoms with E-state index in [4.69, 9.17) is 0 Å². The summed E-state index contributed by atoms with van der Waals surface area (Å²) in [7, 11) is -7.37. The lowest BCUT2D eigenvalue weighted by Gasteiger charge is -2.18. The molecule has 138 valence electrons. The number of benzene rings is 1. The summed E-state index contributed by atoms with van der Waals surface area (Å²) in [5, 5.41) is 0.517. The van der Waals surface area contributed by atoms with Crippen LogP contribution in [0.2, 0.25) is 0 Å². The first kappa shape index (κ1) is 20.0. The molecule has 0 radical (unpaired) electrons. The summed E-state index contributed by atoms with van der Waals surface area (Å²) in [5.41, 5.74) is 0.341. The average Bonchev–Trinajstić information content (AvgIpc) is 3.10. The lowest BCUT2D eigenvalue weighted by molar-refractivity contribution is 0.567. The van der Waals surface area contributed by atoms with Crippen LogP contribution in [0.3, 0.4) is 0 Å². The molecule has 1 heterocycles. The van der Waals surface area contributed by atoms with E-state index >= 15 is 0 Å². The van der Waals surface area contributed by atoms with Crippen LogP contribution in [0.5, 0.6) is 0 Å². The van der Waals surface area contributed by atoms with Crippen LogP contribution in [0, 0.1) is 5.82 Å². The minimum Gasteiger partial charge on any atom is -0.222 e. The van der Waals surface area contributed by atoms with Crippen molar-refractivity contribution in [2.24, 2.45) is 0 Å². The molecule has 0 fully saturated rings. The molecule has 0 spiro atoms. The summed E-state index contributed by atoms with van der Waals surface area (Å²) in [4.78, 5) is 0. The van der Waals surface area contributed by atoms with Gasteiger partial charge in [-0.1, -0.05) is 31.5 Å². The summed E-state index contributed by atoms with van der Waals surface area (Å²) in [5.74, 6) is -0.543. The normalized spacial score (nSPS) is 13.7. The lowest BCUT2D eigenvalue weighted by atomic mass is 10.1. The molecule has 5 nitrogen and oxygen atoms in total. The third-order valence-electron chi connectivity index (χ3n) is 3.65. The van der Waals surface area contributed by atoms with E-state index < -0.39 is 30.9 Å². The van der Waals surface area contributed by atoms with Gasteiger partial charge < -0.3 is 0 Å². The minimum atomic E-state index is -3.80. The Balaban J connectivity index is 2.32. The van der Waals surface area contributed by atoms with Crippen LogP contribution in [-0.4, -0.2) is 29.1 Å². The van der Waals surface area contributed by atoms with Crippen molar-refractivity contribution in [2.75, 3.05) is 12.3 Å². The Hall–Kier alpha value is -1.29. The largest absolute Gasteiger partial charge is 0.222 e. The number of nitrogens with one attached hydrogen (secondary N) is 1. The van der Waals surface area contributed by atoms with Crippen LogP contribution < -0.4 is 4.72 Å². The van der Waals surface area contributed by atoms with Gasteiger partial charge in [0.1, 0.15) is 15.3 Å². The van der Waals surface area contributed by atoms with Gasteiger partial charge in [-0.05, 0) is 35.6 Å². The number of rotatable bonds is 9. The van der Waals surface area contributed by atoms with E-state index in [0.29, 0.717) is 12.0 Å². The zero-order chi connectivity index (χ0) is 18.5. The zero-order valence-electron chi connectivity index (χ0n) is 13.7. The molecule has 0 aliphatic carbocycles. The summed E-state index contributed by atoms with van der Waals surface area (Å²) < 4.78 is 65.5. The maximum absolute atomic E-state index is 13.2. The Morgan fingerprint density at radius 2 is 1.80 bits per heavy atom. The van der Waals surface area contributed by atoms with Gasteiger partial charge in [0.05, 0.1) is 5.75 Å². The zero-order valence-corrected chi connectivity index (χ0v) is 16.1. The highest BCUT2D eigenvalue weighted by molar-refractivity contribution is 7.93. The number of sulfonamides is 1. The molecule has 0 unspecified atom stereocenters. The van der Waals surface area contributed by atoms with Gasteiger partial charge in [0.2, 0.25) is 10.0 Å². The topological polar surface area (TPSA) is 80.3 Å². The fraction of sp³-hybridized carbons (Fsp3) is 0.375. The van der Waals surface area contributed by atoms with Crippen molar-refractivity contribution in [1.82, 2.24) is 4.72 Å². The number of hydrogen-bond donors (Lipinski definition) is 1. The fourth-order valence-corrected chi connectivity index (χ4v) is 6.46. The van der Waals surface area contributed by atoms with Gasteiger partial charge in [-0.3, -0.25) is 0 Å². The maximum Gasteiger partial charge on any atom is 0.211 e. The highest BCUT2D eigenvalue weighted by atomic mass is 32.2. The molecule has 0 aliphatic heterocycles. The van der Waals surface area contributed by atoms with Crippen molar-refractivity contribution in [3.8, 4) is 0 Å². The van der Waals surface area contributed by atoms with Gasteiger partial charge in [0.15, 0.2) is 9.84 Å². The number of thiophene rings is 1. The van der Waals surface area contributed by atoms with Crippen molar-refractivity contribution < 1.29 is 21.2 Å². The molecule has 9 heteroatoms. The van der Waals surface area contributed by atoms with Crippen LogP contribution in [0.1, 0.15) is 30.6 Å². The van der Waals surface area contributed by atoms with Gasteiger partial charge in [-0.15, -0.1) is 11.3 Å². The highest BCUT2D eigenvalue weighted by Crippen LogP contribution is 2.31. The van der Waals surface area contributed by atoms with E-state index in [-0.39, 0.29) is 16.5 Å². The molecule has 1 aromatic carbocycles. The molecule has 0 amide bonds. The standard InChI is InChI=1S/C16H20FNO4S3/c1-2-3-11-24(19,20)18-12-15(13-6-8-14(17)9-7-13)25(21,22)16-5-4-10-23-16/h4-10,15,18H,2-3,11-12H2,1H3/t15-/m1/s1. The van der Waals surface area contributed by atoms with E-state index in [1.54, 1.807) is 11.4 Å². The molecule has 0 saturated heterocycles. The number of halogens is 1. The van der Waals surface area contributed by atoms with E-state index in [2.05, 4.69) is 4.72 Å². The summed E-state index contributed by atoms with van der Waals surface area (Å²) in [6.07, 6.45) is 1.21. The minimum absolute atomic E-state index is 0.0569. The molecule has 0 bridgehead atoms. The predicted octanol–water partition coefficient (Wildman–Crippen LogP) is 3.12. The molecule has 25 heavy (non-hydrogen) atoms. The summed E-state index contributed by atoms with van der Waals surface area (Å²) in [6.45, 7) is 1.58. The monoisotopic (exact) mass is 405 g/mol. The Bertz CT molecular complexity index is 876. The van der Waals surface area contributed by atoms with Crippen molar-refractivity contribution >= 4 is 31.2 Å². The molecule has 1 aromatic heterocycles. The Kier molecular flexibility index (Phi) is 6.72. The maximum atomic E-state index is 13.2. The van der Waals surface area contributed by atoms with Crippen LogP contribution in [0.15, 0.2) is 46.0 Å². The highest BCUT2D eigenvalue weighted by Gasteiger charge is 2.31. The number of hydrogen-bond acceptors (Lipinski definition) is 5. The molecule has 2 aromatic rings. The van der Waals surface area contributed by atoms with Crippen LogP contribution in [0.25, 0.3) is 0 Å². The molecule has 1 atom stereocenters. The second-order valence-electron chi connectivity index (χ2n) is 5.54. The molecule has 2 rings (SSSR count).